The minimum absolute atomic E-state index is 0.165. The molecule has 0 aromatic heterocycles. The van der Waals surface area contributed by atoms with Crippen LogP contribution in [0.3, 0.4) is 0 Å². The average Bonchev–Trinajstić information content (AvgIpc) is 2.89. The summed E-state index contributed by atoms with van der Waals surface area (Å²) in [5, 5.41) is 11.3. The topological polar surface area (TPSA) is 96.3 Å². The number of halogens is 2. The minimum atomic E-state index is -4.41. The summed E-state index contributed by atoms with van der Waals surface area (Å²) in [6.07, 6.45) is 3.14. The first-order valence-corrected chi connectivity index (χ1v) is 13.0. The third kappa shape index (κ3) is 6.60. The quantitative estimate of drug-likeness (QED) is 0.294. The fourth-order valence-corrected chi connectivity index (χ4v) is 4.71. The third-order valence-corrected chi connectivity index (χ3v) is 7.02. The Bertz CT molecular complexity index is 1680. The number of benzene rings is 4. The van der Waals surface area contributed by atoms with E-state index < -0.39 is 32.5 Å². The van der Waals surface area contributed by atoms with Gasteiger partial charge in [-0.15, -0.1) is 0 Å². The van der Waals surface area contributed by atoms with Crippen molar-refractivity contribution in [1.82, 2.24) is 4.72 Å². The number of fused-ring (bicyclic) bond motifs is 1. The largest absolute Gasteiger partial charge is 0.493 e. The molecule has 9 heteroatoms. The van der Waals surface area contributed by atoms with Crippen LogP contribution in [-0.4, -0.2) is 20.9 Å². The van der Waals surface area contributed by atoms with E-state index in [2.05, 4.69) is 12.1 Å². The molecule has 6 nitrogen and oxygen atoms in total. The van der Waals surface area contributed by atoms with Crippen LogP contribution in [0.4, 0.5) is 8.78 Å². The number of carbonyl (C=O) groups excluding carboxylic acids is 1. The Kier molecular flexibility index (Phi) is 8.14. The Balaban J connectivity index is 1.47. The molecule has 0 radical (unpaired) electrons. The first-order chi connectivity index (χ1) is 18.2. The molecule has 4 aromatic carbocycles. The summed E-state index contributed by atoms with van der Waals surface area (Å²) in [7, 11) is -4.41. The normalized spacial score (nSPS) is 11.4. The lowest BCUT2D eigenvalue weighted by atomic mass is 10.1. The van der Waals surface area contributed by atoms with Crippen LogP contribution < -0.4 is 9.46 Å². The van der Waals surface area contributed by atoms with Gasteiger partial charge in [0, 0.05) is 18.1 Å². The van der Waals surface area contributed by atoms with Crippen LogP contribution in [0.1, 0.15) is 16.7 Å². The predicted molar refractivity (Wildman–Crippen MR) is 140 cm³/mol. The molecule has 0 fully saturated rings. The van der Waals surface area contributed by atoms with Crippen molar-refractivity contribution >= 4 is 32.8 Å². The van der Waals surface area contributed by atoms with Crippen molar-refractivity contribution in [3.8, 4) is 11.8 Å². The number of nitriles is 1. The van der Waals surface area contributed by atoms with Crippen LogP contribution in [0.5, 0.6) is 5.75 Å². The molecule has 0 bridgehead atoms. The van der Waals surface area contributed by atoms with Crippen molar-refractivity contribution < 1.29 is 26.7 Å². The van der Waals surface area contributed by atoms with E-state index in [0.717, 1.165) is 34.0 Å². The van der Waals surface area contributed by atoms with E-state index in [4.69, 9.17) is 10.00 Å². The van der Waals surface area contributed by atoms with Gasteiger partial charge in [0.25, 0.3) is 15.9 Å². The van der Waals surface area contributed by atoms with Crippen molar-refractivity contribution in [1.29, 1.82) is 5.26 Å². The van der Waals surface area contributed by atoms with Crippen LogP contribution >= 0.6 is 0 Å². The number of hydrogen-bond donors (Lipinski definition) is 1. The summed E-state index contributed by atoms with van der Waals surface area (Å²) in [4.78, 5) is 11.7. The van der Waals surface area contributed by atoms with Crippen LogP contribution in [0.2, 0.25) is 0 Å². The molecular weight excluding hydrogens is 510 g/mol. The molecule has 192 valence electrons. The Morgan fingerprint density at radius 1 is 0.921 bits per heavy atom. The Morgan fingerprint density at radius 2 is 1.68 bits per heavy atom. The number of rotatable bonds is 9. The molecule has 0 saturated carbocycles. The average molecular weight is 533 g/mol. The van der Waals surface area contributed by atoms with E-state index in [1.54, 1.807) is 22.9 Å². The summed E-state index contributed by atoms with van der Waals surface area (Å²) in [5.74, 6) is -3.12. The highest BCUT2D eigenvalue weighted by atomic mass is 32.2. The standard InChI is InChI=1S/C29H22F2N2O4S/c30-26-11-10-25(19-27(26)31)38(35,36)33-29(34)12-9-23-8-6-20(13-15-32)18-28(23)37-16-14-21-5-7-22-3-1-2-4-24(22)17-21/h1-12,17-19H,13-14,16H2,(H,33,34). The second kappa shape index (κ2) is 11.7. The van der Waals surface area contributed by atoms with E-state index >= 15 is 0 Å². The highest BCUT2D eigenvalue weighted by Gasteiger charge is 2.18. The molecular formula is C29H22F2N2O4S. The van der Waals surface area contributed by atoms with Crippen molar-refractivity contribution in [2.24, 2.45) is 0 Å². The number of nitrogens with zero attached hydrogens (tertiary/aromatic N) is 1. The molecule has 0 aliphatic rings. The van der Waals surface area contributed by atoms with Crippen molar-refractivity contribution in [3.63, 3.8) is 0 Å². The van der Waals surface area contributed by atoms with Gasteiger partial charge < -0.3 is 4.74 Å². The van der Waals surface area contributed by atoms with Gasteiger partial charge in [-0.3, -0.25) is 4.79 Å². The van der Waals surface area contributed by atoms with Crippen LogP contribution in [-0.2, 0) is 27.7 Å². The lowest BCUT2D eigenvalue weighted by Gasteiger charge is -2.11. The van der Waals surface area contributed by atoms with E-state index in [1.807, 2.05) is 36.4 Å². The molecule has 1 N–H and O–H groups in total. The van der Waals surface area contributed by atoms with Gasteiger partial charge in [0.05, 0.1) is 24.0 Å². The van der Waals surface area contributed by atoms with E-state index in [9.17, 15) is 22.0 Å². The highest BCUT2D eigenvalue weighted by Crippen LogP contribution is 2.24. The SMILES string of the molecule is N#CCc1ccc(C=CC(=O)NS(=O)(=O)c2ccc(F)c(F)c2)c(OCCc2ccc3ccccc3c2)c1. The van der Waals surface area contributed by atoms with Gasteiger partial charge in [0.2, 0.25) is 0 Å². The number of hydrogen-bond acceptors (Lipinski definition) is 5. The number of ether oxygens (including phenoxy) is 1. The predicted octanol–water partition coefficient (Wildman–Crippen LogP) is 5.32. The molecule has 0 aliphatic carbocycles. The lowest BCUT2D eigenvalue weighted by Crippen LogP contribution is -2.29. The maximum Gasteiger partial charge on any atom is 0.264 e. The second-order valence-corrected chi connectivity index (χ2v) is 10.0. The summed E-state index contributed by atoms with van der Waals surface area (Å²) < 4.78 is 59.0. The molecule has 0 aliphatic heterocycles. The molecule has 0 atom stereocenters. The van der Waals surface area contributed by atoms with Gasteiger partial charge in [-0.05, 0) is 52.2 Å². The van der Waals surface area contributed by atoms with Crippen molar-refractivity contribution in [3.05, 3.63) is 113 Å². The molecule has 4 aromatic rings. The summed E-state index contributed by atoms with van der Waals surface area (Å²) in [5.41, 5.74) is 2.29. The number of sulfonamides is 1. The molecule has 0 unspecified atom stereocenters. The Labute approximate surface area is 218 Å². The first kappa shape index (κ1) is 26.5. The third-order valence-electron chi connectivity index (χ3n) is 5.67. The Morgan fingerprint density at radius 3 is 2.45 bits per heavy atom. The molecule has 0 saturated heterocycles. The summed E-state index contributed by atoms with van der Waals surface area (Å²) >= 11 is 0. The minimum Gasteiger partial charge on any atom is -0.493 e. The van der Waals surface area contributed by atoms with E-state index in [-0.39, 0.29) is 6.42 Å². The van der Waals surface area contributed by atoms with Gasteiger partial charge in [-0.25, -0.2) is 21.9 Å². The Hall–Kier alpha value is -4.55. The van der Waals surface area contributed by atoms with Crippen LogP contribution in [0.25, 0.3) is 16.8 Å². The maximum absolute atomic E-state index is 13.4. The fourth-order valence-electron chi connectivity index (χ4n) is 3.75. The molecule has 1 amide bonds. The van der Waals surface area contributed by atoms with Gasteiger partial charge in [0.1, 0.15) is 5.75 Å². The highest BCUT2D eigenvalue weighted by molar-refractivity contribution is 7.90. The molecule has 4 rings (SSSR count). The number of amides is 1. The van der Waals surface area contributed by atoms with Crippen LogP contribution in [0, 0.1) is 23.0 Å². The summed E-state index contributed by atoms with van der Waals surface area (Å²) in [6.45, 7) is 0.325. The fraction of sp³-hybridized carbons (Fsp3) is 0.103. The lowest BCUT2D eigenvalue weighted by molar-refractivity contribution is -0.114. The zero-order valence-electron chi connectivity index (χ0n) is 20.0. The van der Waals surface area contributed by atoms with Gasteiger partial charge in [-0.1, -0.05) is 54.6 Å². The maximum atomic E-state index is 13.4. The van der Waals surface area contributed by atoms with Crippen molar-refractivity contribution in [2.75, 3.05) is 6.61 Å². The van der Waals surface area contributed by atoms with E-state index in [1.165, 1.54) is 6.08 Å². The molecule has 38 heavy (non-hydrogen) atoms. The second-order valence-electron chi connectivity index (χ2n) is 8.37. The number of carbonyl (C=O) groups is 1. The number of nitrogens with one attached hydrogen (secondary N) is 1. The molecule has 0 heterocycles. The zero-order chi connectivity index (χ0) is 27.1. The van der Waals surface area contributed by atoms with E-state index in [0.29, 0.717) is 36.5 Å². The summed E-state index contributed by atoms with van der Waals surface area (Å²) in [6, 6.07) is 23.3. The molecule has 0 spiro atoms. The monoisotopic (exact) mass is 532 g/mol. The van der Waals surface area contributed by atoms with Gasteiger partial charge >= 0.3 is 0 Å². The first-order valence-electron chi connectivity index (χ1n) is 11.6. The van der Waals surface area contributed by atoms with Gasteiger partial charge in [-0.2, -0.15) is 5.26 Å². The van der Waals surface area contributed by atoms with Crippen LogP contribution in [0.15, 0.2) is 89.8 Å². The zero-order valence-corrected chi connectivity index (χ0v) is 20.8. The van der Waals surface area contributed by atoms with Gasteiger partial charge in [0.15, 0.2) is 11.6 Å². The smallest absolute Gasteiger partial charge is 0.264 e. The van der Waals surface area contributed by atoms with Crippen molar-refractivity contribution in [2.45, 2.75) is 17.7 Å².